The molecular formula is C15H21NO2. The lowest BCUT2D eigenvalue weighted by Crippen LogP contribution is -2.26. The third-order valence-corrected chi connectivity index (χ3v) is 3.56. The van der Waals surface area contributed by atoms with Crippen molar-refractivity contribution in [1.29, 1.82) is 0 Å². The van der Waals surface area contributed by atoms with Crippen molar-refractivity contribution in [1.82, 2.24) is 4.90 Å². The zero-order chi connectivity index (χ0) is 12.8. The van der Waals surface area contributed by atoms with Gasteiger partial charge in [-0.3, -0.25) is 4.90 Å². The standard InChI is InChI=1S/C15H21NO2/c17-15(18)14-8-6-13(7-9-14)12-16-10-4-2-1-3-5-11-16/h6-9H,1-5,10-12H2,(H,17,18). The van der Waals surface area contributed by atoms with Gasteiger partial charge in [0.1, 0.15) is 0 Å². The summed E-state index contributed by atoms with van der Waals surface area (Å²) in [7, 11) is 0. The Morgan fingerprint density at radius 2 is 1.56 bits per heavy atom. The van der Waals surface area contributed by atoms with Crippen LogP contribution in [-0.4, -0.2) is 29.1 Å². The van der Waals surface area contributed by atoms with Gasteiger partial charge in [-0.2, -0.15) is 0 Å². The molecule has 98 valence electrons. The summed E-state index contributed by atoms with van der Waals surface area (Å²) >= 11 is 0. The number of carboxylic acids is 1. The maximum atomic E-state index is 10.8. The van der Waals surface area contributed by atoms with E-state index in [4.69, 9.17) is 5.11 Å². The number of benzene rings is 1. The highest BCUT2D eigenvalue weighted by Crippen LogP contribution is 2.14. The largest absolute Gasteiger partial charge is 0.478 e. The summed E-state index contributed by atoms with van der Waals surface area (Å²) in [6.07, 6.45) is 6.63. The van der Waals surface area contributed by atoms with Crippen molar-refractivity contribution >= 4 is 5.97 Å². The number of likely N-dealkylation sites (tertiary alicyclic amines) is 1. The summed E-state index contributed by atoms with van der Waals surface area (Å²) in [5, 5.41) is 8.86. The number of hydrogen-bond donors (Lipinski definition) is 1. The summed E-state index contributed by atoms with van der Waals surface area (Å²) in [5.74, 6) is -0.854. The van der Waals surface area contributed by atoms with Crippen molar-refractivity contribution in [3.63, 3.8) is 0 Å². The van der Waals surface area contributed by atoms with E-state index in [0.717, 1.165) is 6.54 Å². The Bertz CT molecular complexity index is 378. The molecule has 0 saturated carbocycles. The SMILES string of the molecule is O=C(O)c1ccc(CN2CCCCCCC2)cc1. The van der Waals surface area contributed by atoms with Gasteiger partial charge in [-0.1, -0.05) is 31.4 Å². The van der Waals surface area contributed by atoms with E-state index in [1.807, 2.05) is 12.1 Å². The molecule has 18 heavy (non-hydrogen) atoms. The second-order valence-corrected chi connectivity index (χ2v) is 5.05. The van der Waals surface area contributed by atoms with Crippen molar-refractivity contribution in [2.75, 3.05) is 13.1 Å². The molecular weight excluding hydrogens is 226 g/mol. The van der Waals surface area contributed by atoms with Crippen molar-refractivity contribution < 1.29 is 9.90 Å². The molecule has 0 atom stereocenters. The lowest BCUT2D eigenvalue weighted by atomic mass is 10.1. The van der Waals surface area contributed by atoms with Crippen LogP contribution in [0.1, 0.15) is 48.0 Å². The van der Waals surface area contributed by atoms with Crippen LogP contribution in [0.3, 0.4) is 0 Å². The molecule has 3 heteroatoms. The monoisotopic (exact) mass is 247 g/mol. The van der Waals surface area contributed by atoms with Crippen molar-refractivity contribution in [3.8, 4) is 0 Å². The first-order valence-corrected chi connectivity index (χ1v) is 6.80. The van der Waals surface area contributed by atoms with E-state index in [9.17, 15) is 4.79 Å². The van der Waals surface area contributed by atoms with E-state index in [2.05, 4.69) is 4.90 Å². The molecule has 1 heterocycles. The third-order valence-electron chi connectivity index (χ3n) is 3.56. The summed E-state index contributed by atoms with van der Waals surface area (Å²) in [6.45, 7) is 3.28. The highest BCUT2D eigenvalue weighted by atomic mass is 16.4. The molecule has 0 spiro atoms. The maximum absolute atomic E-state index is 10.8. The van der Waals surface area contributed by atoms with Gasteiger partial charge in [-0.25, -0.2) is 4.79 Å². The quantitative estimate of drug-likeness (QED) is 0.892. The molecule has 3 nitrogen and oxygen atoms in total. The summed E-state index contributed by atoms with van der Waals surface area (Å²) in [6, 6.07) is 7.26. The predicted molar refractivity (Wildman–Crippen MR) is 71.8 cm³/mol. The Balaban J connectivity index is 1.92. The number of rotatable bonds is 3. The molecule has 1 aliphatic rings. The first kappa shape index (κ1) is 13.1. The number of nitrogens with zero attached hydrogens (tertiary/aromatic N) is 1. The van der Waals surface area contributed by atoms with Gasteiger partial charge >= 0.3 is 5.97 Å². The fourth-order valence-electron chi connectivity index (χ4n) is 2.48. The van der Waals surface area contributed by atoms with Gasteiger partial charge in [-0.15, -0.1) is 0 Å². The normalized spacial score (nSPS) is 18.0. The molecule has 0 amide bonds. The van der Waals surface area contributed by atoms with E-state index < -0.39 is 5.97 Å². The second-order valence-electron chi connectivity index (χ2n) is 5.05. The second kappa shape index (κ2) is 6.55. The van der Waals surface area contributed by atoms with E-state index in [1.54, 1.807) is 12.1 Å². The van der Waals surface area contributed by atoms with E-state index in [0.29, 0.717) is 5.56 Å². The zero-order valence-electron chi connectivity index (χ0n) is 10.8. The molecule has 0 unspecified atom stereocenters. The van der Waals surface area contributed by atoms with Gasteiger partial charge < -0.3 is 5.11 Å². The highest BCUT2D eigenvalue weighted by Gasteiger charge is 2.09. The van der Waals surface area contributed by atoms with Crippen LogP contribution in [0.25, 0.3) is 0 Å². The lowest BCUT2D eigenvalue weighted by Gasteiger charge is -2.24. The van der Waals surface area contributed by atoms with Crippen molar-refractivity contribution in [2.24, 2.45) is 0 Å². The lowest BCUT2D eigenvalue weighted by molar-refractivity contribution is 0.0697. The van der Waals surface area contributed by atoms with Crippen molar-refractivity contribution in [2.45, 2.75) is 38.6 Å². The van der Waals surface area contributed by atoms with E-state index in [1.165, 1.54) is 50.8 Å². The number of hydrogen-bond acceptors (Lipinski definition) is 2. The predicted octanol–water partition coefficient (Wildman–Crippen LogP) is 3.15. The maximum Gasteiger partial charge on any atom is 0.335 e. The van der Waals surface area contributed by atoms with Crippen LogP contribution < -0.4 is 0 Å². The molecule has 2 rings (SSSR count). The average molecular weight is 247 g/mol. The molecule has 0 aliphatic carbocycles. The highest BCUT2D eigenvalue weighted by molar-refractivity contribution is 5.87. The fourth-order valence-corrected chi connectivity index (χ4v) is 2.48. The summed E-state index contributed by atoms with van der Waals surface area (Å²) < 4.78 is 0. The molecule has 1 aliphatic heterocycles. The van der Waals surface area contributed by atoms with Crippen LogP contribution in [0.4, 0.5) is 0 Å². The molecule has 1 saturated heterocycles. The molecule has 1 N–H and O–H groups in total. The Morgan fingerprint density at radius 1 is 1.00 bits per heavy atom. The molecule has 0 aromatic heterocycles. The van der Waals surface area contributed by atoms with Crippen molar-refractivity contribution in [3.05, 3.63) is 35.4 Å². The van der Waals surface area contributed by atoms with Crippen LogP contribution in [0.15, 0.2) is 24.3 Å². The van der Waals surface area contributed by atoms with Gasteiger partial charge in [0, 0.05) is 6.54 Å². The Morgan fingerprint density at radius 3 is 2.11 bits per heavy atom. The summed E-state index contributed by atoms with van der Waals surface area (Å²) in [4.78, 5) is 13.3. The molecule has 1 fully saturated rings. The van der Waals surface area contributed by atoms with Gasteiger partial charge in [0.25, 0.3) is 0 Å². The zero-order valence-corrected chi connectivity index (χ0v) is 10.8. The van der Waals surface area contributed by atoms with E-state index in [-0.39, 0.29) is 0 Å². The first-order chi connectivity index (χ1) is 8.75. The minimum atomic E-state index is -0.854. The molecule has 0 bridgehead atoms. The van der Waals surface area contributed by atoms with Crippen LogP contribution in [0, 0.1) is 0 Å². The fraction of sp³-hybridized carbons (Fsp3) is 0.533. The van der Waals surface area contributed by atoms with E-state index >= 15 is 0 Å². The van der Waals surface area contributed by atoms with Gasteiger partial charge in [0.15, 0.2) is 0 Å². The van der Waals surface area contributed by atoms with Gasteiger partial charge in [0.05, 0.1) is 5.56 Å². The minimum absolute atomic E-state index is 0.367. The number of carbonyl (C=O) groups is 1. The Hall–Kier alpha value is -1.35. The number of carboxylic acid groups (broad SMARTS) is 1. The van der Waals surface area contributed by atoms with Crippen LogP contribution in [0.2, 0.25) is 0 Å². The van der Waals surface area contributed by atoms with Crippen LogP contribution >= 0.6 is 0 Å². The third kappa shape index (κ3) is 3.84. The van der Waals surface area contributed by atoms with Gasteiger partial charge in [0.2, 0.25) is 0 Å². The van der Waals surface area contributed by atoms with Crippen LogP contribution in [0.5, 0.6) is 0 Å². The topological polar surface area (TPSA) is 40.5 Å². The summed E-state index contributed by atoms with van der Waals surface area (Å²) in [5.41, 5.74) is 1.58. The Kier molecular flexibility index (Phi) is 4.76. The molecule has 0 radical (unpaired) electrons. The smallest absolute Gasteiger partial charge is 0.335 e. The molecule has 1 aromatic carbocycles. The van der Waals surface area contributed by atoms with Gasteiger partial charge in [-0.05, 0) is 43.6 Å². The first-order valence-electron chi connectivity index (χ1n) is 6.80. The Labute approximate surface area is 108 Å². The molecule has 1 aromatic rings. The average Bonchev–Trinajstić information content (AvgIpc) is 2.33. The minimum Gasteiger partial charge on any atom is -0.478 e. The van der Waals surface area contributed by atoms with Crippen LogP contribution in [-0.2, 0) is 6.54 Å². The number of aromatic carboxylic acids is 1.